The second-order valence-corrected chi connectivity index (χ2v) is 8.31. The maximum Gasteiger partial charge on any atom is 0.573 e. The van der Waals surface area contributed by atoms with Gasteiger partial charge >= 0.3 is 24.4 Å². The lowest BCUT2D eigenvalue weighted by molar-refractivity contribution is -0.274. The number of aliphatic carboxylic acids is 1. The molecule has 3 aromatic rings. The molecule has 36 heavy (non-hydrogen) atoms. The van der Waals surface area contributed by atoms with E-state index in [4.69, 9.17) is 4.74 Å². The largest absolute Gasteiger partial charge is 0.573 e. The summed E-state index contributed by atoms with van der Waals surface area (Å²) in [5.74, 6) is -1.26. The van der Waals surface area contributed by atoms with Gasteiger partial charge in [-0.15, -0.1) is 13.2 Å². The maximum atomic E-state index is 12.3. The molecule has 1 fully saturated rings. The molecule has 0 spiro atoms. The SMILES string of the molecule is Cc1cc(OC(F)(F)F)ccc1NC(=O)Nc1ccc(-c2cnc(OCC3(C(=O)O)CC3)nc2)cc1. The smallest absolute Gasteiger partial charge is 0.481 e. The lowest BCUT2D eigenvalue weighted by Gasteiger charge is -2.13. The second-order valence-electron chi connectivity index (χ2n) is 8.31. The number of hydrogen-bond acceptors (Lipinski definition) is 6. The molecule has 2 aromatic carbocycles. The van der Waals surface area contributed by atoms with E-state index < -0.39 is 23.8 Å². The average molecular weight is 502 g/mol. The number of urea groups is 1. The van der Waals surface area contributed by atoms with Gasteiger partial charge in [0.05, 0.1) is 0 Å². The van der Waals surface area contributed by atoms with Gasteiger partial charge in [0.25, 0.3) is 0 Å². The first-order chi connectivity index (χ1) is 17.0. The van der Waals surface area contributed by atoms with Gasteiger partial charge in [-0.1, -0.05) is 12.1 Å². The van der Waals surface area contributed by atoms with Crippen LogP contribution in [0.3, 0.4) is 0 Å². The van der Waals surface area contributed by atoms with Crippen molar-refractivity contribution in [2.75, 3.05) is 17.2 Å². The van der Waals surface area contributed by atoms with Gasteiger partial charge in [-0.3, -0.25) is 4.79 Å². The number of carboxylic acids is 1. The Kier molecular flexibility index (Phi) is 6.69. The standard InChI is InChI=1S/C24H21F3N4O5/c1-14-10-18(36-24(25,26)27)6-7-19(14)31-21(34)30-17-4-2-15(3-5-17)16-11-28-22(29-12-16)35-13-23(8-9-23)20(32)33/h2-7,10-12H,8-9,13H2,1H3,(H,32,33)(H2,30,31,34). The van der Waals surface area contributed by atoms with Crippen LogP contribution in [0.15, 0.2) is 54.9 Å². The zero-order chi connectivity index (χ0) is 25.9. The number of anilines is 2. The zero-order valence-corrected chi connectivity index (χ0v) is 18.9. The van der Waals surface area contributed by atoms with Crippen molar-refractivity contribution in [3.63, 3.8) is 0 Å². The van der Waals surface area contributed by atoms with Crippen molar-refractivity contribution < 1.29 is 37.3 Å². The van der Waals surface area contributed by atoms with E-state index in [1.807, 2.05) is 0 Å². The highest BCUT2D eigenvalue weighted by molar-refractivity contribution is 6.00. The molecule has 0 saturated heterocycles. The van der Waals surface area contributed by atoms with Crippen molar-refractivity contribution in [1.29, 1.82) is 0 Å². The molecule has 1 heterocycles. The molecule has 1 aromatic heterocycles. The first kappa shape index (κ1) is 24.8. The summed E-state index contributed by atoms with van der Waals surface area (Å²) < 4.78 is 46.3. The van der Waals surface area contributed by atoms with E-state index in [9.17, 15) is 27.9 Å². The van der Waals surface area contributed by atoms with Crippen LogP contribution in [0.4, 0.5) is 29.3 Å². The molecule has 3 N–H and O–H groups in total. The summed E-state index contributed by atoms with van der Waals surface area (Å²) in [5.41, 5.74) is 1.83. The first-order valence-corrected chi connectivity index (χ1v) is 10.8. The fourth-order valence-electron chi connectivity index (χ4n) is 3.32. The summed E-state index contributed by atoms with van der Waals surface area (Å²) in [5, 5.41) is 14.4. The highest BCUT2D eigenvalue weighted by atomic mass is 19.4. The number of halogens is 3. The normalized spacial score (nSPS) is 14.0. The van der Waals surface area contributed by atoms with E-state index in [2.05, 4.69) is 25.3 Å². The van der Waals surface area contributed by atoms with Gasteiger partial charge in [-0.05, 0) is 61.2 Å². The quantitative estimate of drug-likeness (QED) is 0.385. The highest BCUT2D eigenvalue weighted by Crippen LogP contribution is 2.45. The molecular formula is C24H21F3N4O5. The lowest BCUT2D eigenvalue weighted by Crippen LogP contribution is -2.23. The number of rotatable bonds is 8. The average Bonchev–Trinajstić information content (AvgIpc) is 3.61. The Bertz CT molecular complexity index is 1260. The van der Waals surface area contributed by atoms with Gasteiger partial charge in [-0.2, -0.15) is 0 Å². The van der Waals surface area contributed by atoms with Crippen molar-refractivity contribution >= 4 is 23.4 Å². The minimum absolute atomic E-state index is 0.0229. The minimum Gasteiger partial charge on any atom is -0.481 e. The Labute approximate surface area is 203 Å². The molecule has 1 saturated carbocycles. The molecule has 0 atom stereocenters. The van der Waals surface area contributed by atoms with E-state index >= 15 is 0 Å². The van der Waals surface area contributed by atoms with Crippen molar-refractivity contribution in [2.24, 2.45) is 5.41 Å². The molecule has 12 heteroatoms. The second kappa shape index (κ2) is 9.72. The van der Waals surface area contributed by atoms with E-state index in [1.54, 1.807) is 43.6 Å². The van der Waals surface area contributed by atoms with Gasteiger partial charge in [0, 0.05) is 29.3 Å². The fourth-order valence-corrected chi connectivity index (χ4v) is 3.32. The van der Waals surface area contributed by atoms with E-state index in [-0.39, 0.29) is 18.4 Å². The van der Waals surface area contributed by atoms with Crippen LogP contribution >= 0.6 is 0 Å². The Morgan fingerprint density at radius 2 is 1.69 bits per heavy atom. The molecule has 188 valence electrons. The number of alkyl halides is 3. The molecule has 4 rings (SSSR count). The predicted octanol–water partition coefficient (Wildman–Crippen LogP) is 5.24. The van der Waals surface area contributed by atoms with Crippen LogP contribution in [0.1, 0.15) is 18.4 Å². The Morgan fingerprint density at radius 1 is 1.03 bits per heavy atom. The molecule has 0 radical (unpaired) electrons. The van der Waals surface area contributed by atoms with Crippen molar-refractivity contribution in [2.45, 2.75) is 26.1 Å². The van der Waals surface area contributed by atoms with E-state index in [0.717, 1.165) is 11.6 Å². The number of carbonyl (C=O) groups excluding carboxylic acids is 1. The number of aryl methyl sites for hydroxylation is 1. The van der Waals surface area contributed by atoms with Crippen LogP contribution in [0.5, 0.6) is 11.8 Å². The van der Waals surface area contributed by atoms with Gasteiger partial charge in [0.2, 0.25) is 0 Å². The number of amides is 2. The summed E-state index contributed by atoms with van der Waals surface area (Å²) >= 11 is 0. The lowest BCUT2D eigenvalue weighted by atomic mass is 10.1. The Balaban J connectivity index is 1.31. The number of nitrogens with one attached hydrogen (secondary N) is 2. The number of nitrogens with zero attached hydrogens (tertiary/aromatic N) is 2. The van der Waals surface area contributed by atoms with E-state index in [1.165, 1.54) is 12.1 Å². The van der Waals surface area contributed by atoms with Gasteiger partial charge < -0.3 is 25.2 Å². The first-order valence-electron chi connectivity index (χ1n) is 10.8. The van der Waals surface area contributed by atoms with Crippen molar-refractivity contribution in [3.05, 3.63) is 60.4 Å². The van der Waals surface area contributed by atoms with Crippen LogP contribution in [-0.4, -0.2) is 40.0 Å². The van der Waals surface area contributed by atoms with Gasteiger partial charge in [-0.25, -0.2) is 14.8 Å². The third-order valence-corrected chi connectivity index (χ3v) is 5.57. The molecule has 1 aliphatic rings. The topological polar surface area (TPSA) is 123 Å². The molecular weight excluding hydrogens is 481 g/mol. The Hall–Kier alpha value is -4.35. The third kappa shape index (κ3) is 6.20. The molecule has 0 aliphatic heterocycles. The fraction of sp³-hybridized carbons (Fsp3) is 0.250. The summed E-state index contributed by atoms with van der Waals surface area (Å²) in [6, 6.07) is 9.93. The molecule has 0 unspecified atom stereocenters. The number of aromatic nitrogens is 2. The van der Waals surface area contributed by atoms with Gasteiger partial charge in [0.15, 0.2) is 0 Å². The van der Waals surface area contributed by atoms with Crippen molar-refractivity contribution in [3.8, 4) is 22.9 Å². The highest BCUT2D eigenvalue weighted by Gasteiger charge is 2.51. The monoisotopic (exact) mass is 502 g/mol. The molecule has 2 amide bonds. The minimum atomic E-state index is -4.80. The molecule has 9 nitrogen and oxygen atoms in total. The third-order valence-electron chi connectivity index (χ3n) is 5.57. The summed E-state index contributed by atoms with van der Waals surface area (Å²) in [4.78, 5) is 31.8. The number of benzene rings is 2. The van der Waals surface area contributed by atoms with Crippen molar-refractivity contribution in [1.82, 2.24) is 9.97 Å². The van der Waals surface area contributed by atoms with Crippen LogP contribution in [0, 0.1) is 12.3 Å². The predicted molar refractivity (Wildman–Crippen MR) is 123 cm³/mol. The van der Waals surface area contributed by atoms with E-state index in [0.29, 0.717) is 35.3 Å². The zero-order valence-electron chi connectivity index (χ0n) is 18.9. The maximum absolute atomic E-state index is 12.3. The van der Waals surface area contributed by atoms with Crippen LogP contribution in [0.25, 0.3) is 11.1 Å². The summed E-state index contributed by atoms with van der Waals surface area (Å²) in [6.45, 7) is 1.57. The summed E-state index contributed by atoms with van der Waals surface area (Å²) in [6.07, 6.45) is -0.558. The summed E-state index contributed by atoms with van der Waals surface area (Å²) in [7, 11) is 0. The molecule has 1 aliphatic carbocycles. The number of ether oxygens (including phenoxy) is 2. The molecule has 0 bridgehead atoms. The Morgan fingerprint density at radius 3 is 2.25 bits per heavy atom. The van der Waals surface area contributed by atoms with Gasteiger partial charge in [0.1, 0.15) is 17.8 Å². The van der Waals surface area contributed by atoms with Crippen LogP contribution < -0.4 is 20.1 Å². The number of carbonyl (C=O) groups is 2. The number of hydrogen-bond donors (Lipinski definition) is 3. The van der Waals surface area contributed by atoms with Crippen LogP contribution in [0.2, 0.25) is 0 Å². The number of carboxylic acid groups (broad SMARTS) is 1. The van der Waals surface area contributed by atoms with Crippen LogP contribution in [-0.2, 0) is 4.79 Å².